The van der Waals surface area contributed by atoms with Crippen molar-refractivity contribution in [3.8, 4) is 0 Å². The second-order valence-electron chi connectivity index (χ2n) is 5.97. The molecule has 0 saturated carbocycles. The zero-order valence-corrected chi connectivity index (χ0v) is 13.2. The maximum absolute atomic E-state index is 12.4. The molecule has 3 heteroatoms. The summed E-state index contributed by atoms with van der Waals surface area (Å²) in [6, 6.07) is 10.9. The Bertz CT molecular complexity index is 412. The van der Waals surface area contributed by atoms with Gasteiger partial charge in [-0.2, -0.15) is 0 Å². The van der Waals surface area contributed by atoms with Gasteiger partial charge in [-0.15, -0.1) is 0 Å². The van der Waals surface area contributed by atoms with E-state index in [4.69, 9.17) is 0 Å². The number of benzene rings is 1. The molecular formula is C18H28N2O. The van der Waals surface area contributed by atoms with E-state index in [2.05, 4.69) is 41.4 Å². The van der Waals surface area contributed by atoms with E-state index in [1.807, 2.05) is 6.07 Å². The van der Waals surface area contributed by atoms with Crippen molar-refractivity contribution < 1.29 is 4.79 Å². The lowest BCUT2D eigenvalue weighted by molar-refractivity contribution is -0.131. The summed E-state index contributed by atoms with van der Waals surface area (Å²) in [5.41, 5.74) is 1.32. The van der Waals surface area contributed by atoms with Gasteiger partial charge < -0.3 is 10.2 Å². The molecule has 1 saturated heterocycles. The van der Waals surface area contributed by atoms with E-state index in [0.29, 0.717) is 18.4 Å². The topological polar surface area (TPSA) is 32.3 Å². The van der Waals surface area contributed by atoms with Gasteiger partial charge in [0.25, 0.3) is 0 Å². The van der Waals surface area contributed by atoms with Crippen molar-refractivity contribution in [2.75, 3.05) is 19.6 Å². The van der Waals surface area contributed by atoms with Crippen LogP contribution in [0.1, 0.15) is 44.6 Å². The average molecular weight is 288 g/mol. The Morgan fingerprint density at radius 3 is 2.81 bits per heavy atom. The quantitative estimate of drug-likeness (QED) is 0.797. The van der Waals surface area contributed by atoms with Crippen LogP contribution >= 0.6 is 0 Å². The van der Waals surface area contributed by atoms with Gasteiger partial charge in [-0.05, 0) is 44.2 Å². The fourth-order valence-electron chi connectivity index (χ4n) is 3.01. The van der Waals surface area contributed by atoms with Crippen LogP contribution in [0.4, 0.5) is 0 Å². The van der Waals surface area contributed by atoms with Crippen LogP contribution < -0.4 is 5.32 Å². The molecule has 1 aromatic rings. The lowest BCUT2D eigenvalue weighted by Gasteiger charge is -2.25. The van der Waals surface area contributed by atoms with Crippen LogP contribution in [0.3, 0.4) is 0 Å². The molecule has 0 bridgehead atoms. The third-order valence-corrected chi connectivity index (χ3v) is 4.15. The molecule has 21 heavy (non-hydrogen) atoms. The molecule has 1 amide bonds. The smallest absolute Gasteiger partial charge is 0.222 e. The minimum Gasteiger partial charge on any atom is -0.341 e. The van der Waals surface area contributed by atoms with Gasteiger partial charge in [0.15, 0.2) is 0 Å². The standard InChI is InChI=1S/C18H28N2O/c1-2-14-20(15-17-11-7-13-19-17)18(21)12-6-10-16-8-4-3-5-9-16/h3-5,8-9,17,19H,2,6-7,10-15H2,1H3. The Balaban J connectivity index is 1.75. The number of hydrogen-bond donors (Lipinski definition) is 1. The van der Waals surface area contributed by atoms with Crippen molar-refractivity contribution >= 4 is 5.91 Å². The first-order valence-electron chi connectivity index (χ1n) is 8.34. The molecule has 1 aliphatic rings. The fourth-order valence-corrected chi connectivity index (χ4v) is 3.01. The maximum Gasteiger partial charge on any atom is 0.222 e. The molecular weight excluding hydrogens is 260 g/mol. The van der Waals surface area contributed by atoms with Gasteiger partial charge in [0, 0.05) is 25.6 Å². The minimum atomic E-state index is 0.321. The molecule has 1 N–H and O–H groups in total. The number of rotatable bonds is 8. The fraction of sp³-hybridized carbons (Fsp3) is 0.611. The van der Waals surface area contributed by atoms with Crippen LogP contribution in [0.5, 0.6) is 0 Å². The van der Waals surface area contributed by atoms with Crippen molar-refractivity contribution in [1.82, 2.24) is 10.2 Å². The summed E-state index contributed by atoms with van der Waals surface area (Å²) in [6.45, 7) is 5.03. The number of carbonyl (C=O) groups excluding carboxylic acids is 1. The number of carbonyl (C=O) groups is 1. The van der Waals surface area contributed by atoms with Crippen LogP contribution in [0.15, 0.2) is 30.3 Å². The van der Waals surface area contributed by atoms with Crippen LogP contribution in [-0.2, 0) is 11.2 Å². The number of nitrogens with one attached hydrogen (secondary N) is 1. The molecule has 1 aromatic carbocycles. The lowest BCUT2D eigenvalue weighted by Crippen LogP contribution is -2.41. The Kier molecular flexibility index (Phi) is 6.74. The first-order valence-corrected chi connectivity index (χ1v) is 8.34. The summed E-state index contributed by atoms with van der Waals surface area (Å²) in [5.74, 6) is 0.321. The predicted octanol–water partition coefficient (Wildman–Crippen LogP) is 3.00. The van der Waals surface area contributed by atoms with Crippen molar-refractivity contribution in [1.29, 1.82) is 0 Å². The van der Waals surface area contributed by atoms with Gasteiger partial charge in [-0.25, -0.2) is 0 Å². The highest BCUT2D eigenvalue weighted by atomic mass is 16.2. The van der Waals surface area contributed by atoms with Gasteiger partial charge in [-0.1, -0.05) is 37.3 Å². The molecule has 0 radical (unpaired) electrons. The van der Waals surface area contributed by atoms with Gasteiger partial charge >= 0.3 is 0 Å². The van der Waals surface area contributed by atoms with Gasteiger partial charge in [-0.3, -0.25) is 4.79 Å². The first-order chi connectivity index (χ1) is 10.3. The van der Waals surface area contributed by atoms with Crippen molar-refractivity contribution in [2.45, 2.75) is 51.5 Å². The highest BCUT2D eigenvalue weighted by molar-refractivity contribution is 5.76. The number of aryl methyl sites for hydroxylation is 1. The summed E-state index contributed by atoms with van der Waals surface area (Å²) in [5, 5.41) is 3.49. The molecule has 1 heterocycles. The second kappa shape index (κ2) is 8.83. The van der Waals surface area contributed by atoms with E-state index in [0.717, 1.165) is 38.9 Å². The monoisotopic (exact) mass is 288 g/mol. The first kappa shape index (κ1) is 16.0. The zero-order chi connectivity index (χ0) is 14.9. The van der Waals surface area contributed by atoms with Gasteiger partial charge in [0.05, 0.1) is 0 Å². The molecule has 1 fully saturated rings. The van der Waals surface area contributed by atoms with Gasteiger partial charge in [0.2, 0.25) is 5.91 Å². The van der Waals surface area contributed by atoms with Gasteiger partial charge in [0.1, 0.15) is 0 Å². The van der Waals surface area contributed by atoms with E-state index in [1.165, 1.54) is 18.4 Å². The lowest BCUT2D eigenvalue weighted by atomic mass is 10.1. The van der Waals surface area contributed by atoms with Crippen molar-refractivity contribution in [2.24, 2.45) is 0 Å². The molecule has 0 spiro atoms. The zero-order valence-electron chi connectivity index (χ0n) is 13.2. The van der Waals surface area contributed by atoms with Crippen LogP contribution in [-0.4, -0.2) is 36.5 Å². The molecule has 1 aliphatic heterocycles. The van der Waals surface area contributed by atoms with E-state index >= 15 is 0 Å². The summed E-state index contributed by atoms with van der Waals surface area (Å²) in [6.07, 6.45) is 6.10. The largest absolute Gasteiger partial charge is 0.341 e. The SMILES string of the molecule is CCCN(CC1CCCN1)C(=O)CCCc1ccccc1. The predicted molar refractivity (Wildman–Crippen MR) is 87.3 cm³/mol. The average Bonchev–Trinajstić information content (AvgIpc) is 3.01. The van der Waals surface area contributed by atoms with E-state index in [-0.39, 0.29) is 0 Å². The van der Waals surface area contributed by atoms with E-state index in [1.54, 1.807) is 0 Å². The molecule has 116 valence electrons. The highest BCUT2D eigenvalue weighted by Gasteiger charge is 2.20. The van der Waals surface area contributed by atoms with E-state index in [9.17, 15) is 4.79 Å². The van der Waals surface area contributed by atoms with Crippen LogP contribution in [0, 0.1) is 0 Å². The molecule has 3 nitrogen and oxygen atoms in total. The molecule has 0 aromatic heterocycles. The molecule has 0 aliphatic carbocycles. The third-order valence-electron chi connectivity index (χ3n) is 4.15. The molecule has 1 atom stereocenters. The summed E-state index contributed by atoms with van der Waals surface area (Å²) in [7, 11) is 0. The normalized spacial score (nSPS) is 17.9. The van der Waals surface area contributed by atoms with Crippen molar-refractivity contribution in [3.63, 3.8) is 0 Å². The second-order valence-corrected chi connectivity index (χ2v) is 5.97. The van der Waals surface area contributed by atoms with Crippen LogP contribution in [0.2, 0.25) is 0 Å². The molecule has 2 rings (SSSR count). The Labute approximate surface area is 128 Å². The van der Waals surface area contributed by atoms with Crippen LogP contribution in [0.25, 0.3) is 0 Å². The van der Waals surface area contributed by atoms with Crippen molar-refractivity contribution in [3.05, 3.63) is 35.9 Å². The summed E-state index contributed by atoms with van der Waals surface area (Å²) >= 11 is 0. The minimum absolute atomic E-state index is 0.321. The highest BCUT2D eigenvalue weighted by Crippen LogP contribution is 2.11. The maximum atomic E-state index is 12.4. The summed E-state index contributed by atoms with van der Waals surface area (Å²) in [4.78, 5) is 14.5. The third kappa shape index (κ3) is 5.50. The summed E-state index contributed by atoms with van der Waals surface area (Å²) < 4.78 is 0. The Morgan fingerprint density at radius 2 is 2.14 bits per heavy atom. The number of amides is 1. The molecule has 1 unspecified atom stereocenters. The number of hydrogen-bond acceptors (Lipinski definition) is 2. The van der Waals surface area contributed by atoms with E-state index < -0.39 is 0 Å². The Morgan fingerprint density at radius 1 is 1.33 bits per heavy atom. The number of nitrogens with zero attached hydrogens (tertiary/aromatic N) is 1. The Hall–Kier alpha value is -1.35.